The van der Waals surface area contributed by atoms with E-state index >= 15 is 0 Å². The van der Waals surface area contributed by atoms with E-state index in [1.54, 1.807) is 10.7 Å². The predicted octanol–water partition coefficient (Wildman–Crippen LogP) is 5.37. The maximum Gasteiger partial charge on any atom is 0.197 e. The number of halogens is 2. The third kappa shape index (κ3) is 3.93. The van der Waals surface area contributed by atoms with Crippen LogP contribution in [0, 0.1) is 5.82 Å². The van der Waals surface area contributed by atoms with E-state index < -0.39 is 8.07 Å². The van der Waals surface area contributed by atoms with Crippen molar-refractivity contribution in [2.24, 2.45) is 0 Å². The number of rotatable bonds is 6. The van der Waals surface area contributed by atoms with Gasteiger partial charge in [0.05, 0.1) is 4.70 Å². The molecule has 3 rings (SSSR count). The zero-order chi connectivity index (χ0) is 17.3. The fourth-order valence-corrected chi connectivity index (χ4v) is 4.30. The molecular formula is C16H19BrFN3OSSi. The highest BCUT2D eigenvalue weighted by atomic mass is 79.9. The molecule has 0 N–H and O–H groups in total. The summed E-state index contributed by atoms with van der Waals surface area (Å²) >= 11 is 4.79. The van der Waals surface area contributed by atoms with E-state index in [4.69, 9.17) is 4.74 Å². The van der Waals surface area contributed by atoms with Crippen molar-refractivity contribution >= 4 is 45.4 Å². The van der Waals surface area contributed by atoms with Gasteiger partial charge >= 0.3 is 0 Å². The molecule has 4 nitrogen and oxygen atoms in total. The van der Waals surface area contributed by atoms with Gasteiger partial charge in [0.2, 0.25) is 0 Å². The molecule has 0 spiro atoms. The molecule has 0 aliphatic rings. The molecule has 0 radical (unpaired) electrons. The van der Waals surface area contributed by atoms with E-state index in [-0.39, 0.29) is 5.82 Å². The number of ether oxygens (including phenoxy) is 1. The Morgan fingerprint density at radius 1 is 1.33 bits per heavy atom. The van der Waals surface area contributed by atoms with E-state index in [0.29, 0.717) is 22.0 Å². The molecule has 3 aromatic rings. The van der Waals surface area contributed by atoms with Crippen molar-refractivity contribution in [1.82, 2.24) is 14.8 Å². The zero-order valence-electron chi connectivity index (χ0n) is 13.8. The molecule has 0 amide bonds. The Morgan fingerprint density at radius 2 is 2.12 bits per heavy atom. The van der Waals surface area contributed by atoms with E-state index in [1.165, 1.54) is 17.4 Å². The Labute approximate surface area is 153 Å². The summed E-state index contributed by atoms with van der Waals surface area (Å²) in [7, 11) is -1.10. The lowest BCUT2D eigenvalue weighted by molar-refractivity contribution is 0.0767. The van der Waals surface area contributed by atoms with Gasteiger partial charge in [-0.3, -0.25) is 0 Å². The first kappa shape index (κ1) is 17.7. The van der Waals surface area contributed by atoms with Gasteiger partial charge in [0.25, 0.3) is 0 Å². The highest BCUT2D eigenvalue weighted by molar-refractivity contribution is 9.10. The van der Waals surface area contributed by atoms with Crippen LogP contribution < -0.4 is 0 Å². The molecule has 0 saturated carbocycles. The molecule has 0 fully saturated rings. The molecule has 0 bridgehead atoms. The summed E-state index contributed by atoms with van der Waals surface area (Å²) in [5, 5.41) is 7.23. The molecule has 0 unspecified atom stereocenters. The van der Waals surface area contributed by atoms with Gasteiger partial charge in [-0.25, -0.2) is 14.1 Å². The third-order valence-corrected chi connectivity index (χ3v) is 6.92. The number of nitrogens with zero attached hydrogens (tertiary/aromatic N) is 3. The van der Waals surface area contributed by atoms with E-state index in [1.807, 2.05) is 11.4 Å². The summed E-state index contributed by atoms with van der Waals surface area (Å²) in [5.74, 6) is 0.365. The summed E-state index contributed by atoms with van der Waals surface area (Å²) in [6.45, 7) is 8.04. The quantitative estimate of drug-likeness (QED) is 0.391. The fraction of sp³-hybridized carbons (Fsp3) is 0.375. The van der Waals surface area contributed by atoms with Crippen LogP contribution in [0.25, 0.3) is 21.5 Å². The Balaban J connectivity index is 1.77. The van der Waals surface area contributed by atoms with Gasteiger partial charge in [-0.15, -0.1) is 16.4 Å². The van der Waals surface area contributed by atoms with Crippen LogP contribution in [-0.2, 0) is 11.5 Å². The van der Waals surface area contributed by atoms with Crippen molar-refractivity contribution < 1.29 is 9.13 Å². The van der Waals surface area contributed by atoms with Gasteiger partial charge in [-0.2, -0.15) is 0 Å². The third-order valence-electron chi connectivity index (χ3n) is 3.63. The standard InChI is InChI=1S/C16H19BrFN3OSSi/c1-24(2,3)8-7-22-10-21-16(17)19-15(20-21)12-9-23-14-11(12)5-4-6-13(14)18/h4-6,9H,7-8,10H2,1-3H3. The first-order chi connectivity index (χ1) is 11.3. The van der Waals surface area contributed by atoms with Crippen molar-refractivity contribution in [3.63, 3.8) is 0 Å². The van der Waals surface area contributed by atoms with Gasteiger partial charge in [0, 0.05) is 31.0 Å². The number of aromatic nitrogens is 3. The van der Waals surface area contributed by atoms with Crippen molar-refractivity contribution in [2.45, 2.75) is 32.4 Å². The van der Waals surface area contributed by atoms with E-state index in [9.17, 15) is 4.39 Å². The maximum absolute atomic E-state index is 13.8. The second-order valence-electron chi connectivity index (χ2n) is 6.82. The monoisotopic (exact) mass is 427 g/mol. The summed E-state index contributed by atoms with van der Waals surface area (Å²) in [6.07, 6.45) is 0. The van der Waals surface area contributed by atoms with Gasteiger partial charge in [-0.1, -0.05) is 31.8 Å². The molecular weight excluding hydrogens is 409 g/mol. The Bertz CT molecular complexity index is 859. The van der Waals surface area contributed by atoms with Crippen molar-refractivity contribution in [1.29, 1.82) is 0 Å². The number of hydrogen-bond donors (Lipinski definition) is 0. The lowest BCUT2D eigenvalue weighted by Gasteiger charge is -2.15. The molecule has 0 aliphatic heterocycles. The summed E-state index contributed by atoms with van der Waals surface area (Å²) in [6, 6.07) is 6.18. The number of hydrogen-bond acceptors (Lipinski definition) is 4. The largest absolute Gasteiger partial charge is 0.359 e. The highest BCUT2D eigenvalue weighted by Crippen LogP contribution is 2.34. The van der Waals surface area contributed by atoms with Gasteiger partial charge in [-0.05, 0) is 28.0 Å². The number of benzene rings is 1. The maximum atomic E-state index is 13.8. The second kappa shape index (κ2) is 7.03. The number of thiophene rings is 1. The Kier molecular flexibility index (Phi) is 5.19. The lowest BCUT2D eigenvalue weighted by Crippen LogP contribution is -2.22. The van der Waals surface area contributed by atoms with Crippen molar-refractivity contribution in [2.75, 3.05) is 6.61 Å². The number of fused-ring (bicyclic) bond motifs is 1. The molecule has 0 saturated heterocycles. The van der Waals surface area contributed by atoms with Crippen LogP contribution in [0.1, 0.15) is 0 Å². The molecule has 128 valence electrons. The minimum Gasteiger partial charge on any atom is -0.359 e. The topological polar surface area (TPSA) is 39.9 Å². The minimum atomic E-state index is -1.10. The summed E-state index contributed by atoms with van der Waals surface area (Å²) < 4.78 is 22.5. The van der Waals surface area contributed by atoms with Crippen LogP contribution in [0.2, 0.25) is 25.7 Å². The van der Waals surface area contributed by atoms with Crippen LogP contribution in [0.4, 0.5) is 4.39 Å². The van der Waals surface area contributed by atoms with Crippen molar-refractivity contribution in [3.05, 3.63) is 34.1 Å². The molecule has 2 aromatic heterocycles. The molecule has 1 aromatic carbocycles. The minimum absolute atomic E-state index is 0.211. The highest BCUT2D eigenvalue weighted by Gasteiger charge is 2.16. The fourth-order valence-electron chi connectivity index (χ4n) is 2.24. The van der Waals surface area contributed by atoms with Crippen LogP contribution in [-0.4, -0.2) is 29.4 Å². The van der Waals surface area contributed by atoms with E-state index in [2.05, 4.69) is 45.7 Å². The van der Waals surface area contributed by atoms with Crippen molar-refractivity contribution in [3.8, 4) is 11.4 Å². The molecule has 0 atom stereocenters. The van der Waals surface area contributed by atoms with Crippen LogP contribution in [0.15, 0.2) is 28.3 Å². The smallest absolute Gasteiger partial charge is 0.197 e. The van der Waals surface area contributed by atoms with Gasteiger partial charge < -0.3 is 4.74 Å². The Morgan fingerprint density at radius 3 is 2.88 bits per heavy atom. The van der Waals surface area contributed by atoms with Crippen LogP contribution in [0.5, 0.6) is 0 Å². The first-order valence-corrected chi connectivity index (χ1v) is 13.1. The molecule has 0 aliphatic carbocycles. The molecule has 24 heavy (non-hydrogen) atoms. The first-order valence-electron chi connectivity index (χ1n) is 7.69. The van der Waals surface area contributed by atoms with Gasteiger partial charge in [0.1, 0.15) is 12.5 Å². The SMILES string of the molecule is C[Si](C)(C)CCOCn1nc(-c2csc3c(F)cccc23)nc1Br. The molecule has 2 heterocycles. The lowest BCUT2D eigenvalue weighted by atomic mass is 10.1. The Hall–Kier alpha value is -1.09. The zero-order valence-corrected chi connectivity index (χ0v) is 17.2. The van der Waals surface area contributed by atoms with E-state index in [0.717, 1.165) is 23.6 Å². The second-order valence-corrected chi connectivity index (χ2v) is 14.0. The van der Waals surface area contributed by atoms with Crippen LogP contribution in [0.3, 0.4) is 0 Å². The molecule has 8 heteroatoms. The predicted molar refractivity (Wildman–Crippen MR) is 103 cm³/mol. The summed E-state index contributed by atoms with van der Waals surface area (Å²) in [4.78, 5) is 4.44. The normalized spacial score (nSPS) is 12.2. The van der Waals surface area contributed by atoms with Crippen LogP contribution >= 0.6 is 27.3 Å². The average molecular weight is 428 g/mol. The summed E-state index contributed by atoms with van der Waals surface area (Å²) in [5.41, 5.74) is 0.844. The average Bonchev–Trinajstić information content (AvgIpc) is 3.07. The van der Waals surface area contributed by atoms with Gasteiger partial charge in [0.15, 0.2) is 10.6 Å².